The number of carbonyl (C=O) groups excluding carboxylic acids is 2. The van der Waals surface area contributed by atoms with Gasteiger partial charge in [-0.15, -0.1) is 0 Å². The van der Waals surface area contributed by atoms with Crippen LogP contribution in [0.2, 0.25) is 0 Å². The Bertz CT molecular complexity index is 919. The smallest absolute Gasteiger partial charge is 0.311 e. The van der Waals surface area contributed by atoms with E-state index in [9.17, 15) is 14.7 Å². The summed E-state index contributed by atoms with van der Waals surface area (Å²) < 4.78 is 11.1. The zero-order valence-corrected chi connectivity index (χ0v) is 32.4. The minimum atomic E-state index is -0.117. The molecule has 0 fully saturated rings. The van der Waals surface area contributed by atoms with Crippen LogP contribution < -0.4 is 4.74 Å². The van der Waals surface area contributed by atoms with Crippen LogP contribution in [0.15, 0.2) is 18.2 Å². The van der Waals surface area contributed by atoms with Gasteiger partial charge in [0.25, 0.3) is 0 Å². The molecule has 0 bridgehead atoms. The fourth-order valence-electron chi connectivity index (χ4n) is 6.52. The second-order valence-electron chi connectivity index (χ2n) is 14.3. The highest BCUT2D eigenvalue weighted by molar-refractivity contribution is 5.72. The molecular formula is C43H77NO5. The number of nitrogens with zero attached hydrogens (tertiary/aromatic N) is 1. The summed E-state index contributed by atoms with van der Waals surface area (Å²) in [5.41, 5.74) is 2.78. The normalized spacial score (nSPS) is 11.4. The molecule has 0 aromatic heterocycles. The minimum Gasteiger partial charge on any atom is -0.466 e. The molecule has 6 nitrogen and oxygen atoms in total. The molecule has 1 rings (SSSR count). The Kier molecular flexibility index (Phi) is 30.6. The molecule has 0 aliphatic heterocycles. The highest BCUT2D eigenvalue weighted by Crippen LogP contribution is 2.23. The third kappa shape index (κ3) is 26.5. The molecule has 0 unspecified atom stereocenters. The number of aliphatic hydroxyl groups is 1. The van der Waals surface area contributed by atoms with Crippen molar-refractivity contribution in [1.82, 2.24) is 4.90 Å². The van der Waals surface area contributed by atoms with Crippen molar-refractivity contribution in [2.75, 3.05) is 32.8 Å². The lowest BCUT2D eigenvalue weighted by atomic mass is 9.96. The molecule has 0 amide bonds. The summed E-state index contributed by atoms with van der Waals surface area (Å²) in [6, 6.07) is 6.30. The second-order valence-corrected chi connectivity index (χ2v) is 14.3. The van der Waals surface area contributed by atoms with Crippen LogP contribution in [0.5, 0.6) is 5.75 Å². The van der Waals surface area contributed by atoms with E-state index in [1.807, 2.05) is 6.07 Å². The molecule has 0 saturated heterocycles. The van der Waals surface area contributed by atoms with E-state index in [4.69, 9.17) is 9.47 Å². The van der Waals surface area contributed by atoms with Gasteiger partial charge in [-0.05, 0) is 94.1 Å². The van der Waals surface area contributed by atoms with E-state index in [0.717, 1.165) is 110 Å². The summed E-state index contributed by atoms with van der Waals surface area (Å²) >= 11 is 0. The van der Waals surface area contributed by atoms with Crippen LogP contribution in [0.3, 0.4) is 0 Å². The molecule has 0 saturated carbocycles. The number of ether oxygens (including phenoxy) is 2. The predicted octanol–water partition coefficient (Wildman–Crippen LogP) is 11.3. The van der Waals surface area contributed by atoms with Gasteiger partial charge in [0.2, 0.25) is 0 Å². The van der Waals surface area contributed by atoms with Gasteiger partial charge in [-0.25, -0.2) is 0 Å². The Balaban J connectivity index is 2.15. The molecule has 0 radical (unpaired) electrons. The lowest BCUT2D eigenvalue weighted by Gasteiger charge is -2.21. The second kappa shape index (κ2) is 33.2. The Hall–Kier alpha value is -1.92. The number of rotatable bonds is 35. The molecule has 6 heteroatoms. The summed E-state index contributed by atoms with van der Waals surface area (Å²) in [5, 5.41) is 9.52. The predicted molar refractivity (Wildman–Crippen MR) is 206 cm³/mol. The zero-order valence-electron chi connectivity index (χ0n) is 32.4. The minimum absolute atomic E-state index is 0.0387. The van der Waals surface area contributed by atoms with E-state index in [-0.39, 0.29) is 18.5 Å². The SMILES string of the molecule is CCCCCCCCOC(=O)CCCCCCCN(CCO)CCCCCCCC(=O)Oc1ccc(CCCCC)c(CCCCCC)c1. The van der Waals surface area contributed by atoms with Crippen LogP contribution in [0.4, 0.5) is 0 Å². The van der Waals surface area contributed by atoms with Gasteiger partial charge in [0, 0.05) is 19.4 Å². The molecule has 0 aliphatic carbocycles. The fourth-order valence-corrected chi connectivity index (χ4v) is 6.52. The first-order chi connectivity index (χ1) is 24.0. The first-order valence-electron chi connectivity index (χ1n) is 20.8. The summed E-state index contributed by atoms with van der Waals surface area (Å²) in [5.74, 6) is 0.550. The molecule has 1 aromatic carbocycles. The van der Waals surface area contributed by atoms with Crippen molar-refractivity contribution in [2.45, 2.75) is 194 Å². The van der Waals surface area contributed by atoms with E-state index >= 15 is 0 Å². The van der Waals surface area contributed by atoms with Crippen LogP contribution in [-0.4, -0.2) is 54.8 Å². The monoisotopic (exact) mass is 688 g/mol. The third-order valence-electron chi connectivity index (χ3n) is 9.65. The van der Waals surface area contributed by atoms with Crippen molar-refractivity contribution in [3.05, 3.63) is 29.3 Å². The molecule has 0 spiro atoms. The van der Waals surface area contributed by atoms with Gasteiger partial charge in [-0.1, -0.05) is 130 Å². The Morgan fingerprint density at radius 3 is 1.67 bits per heavy atom. The Labute approximate surface area is 302 Å². The maximum atomic E-state index is 12.6. The largest absolute Gasteiger partial charge is 0.466 e. The maximum absolute atomic E-state index is 12.6. The first kappa shape index (κ1) is 45.1. The van der Waals surface area contributed by atoms with Crippen molar-refractivity contribution in [3.63, 3.8) is 0 Å². The van der Waals surface area contributed by atoms with E-state index in [2.05, 4.69) is 37.8 Å². The quantitative estimate of drug-likeness (QED) is 0.0435. The van der Waals surface area contributed by atoms with Crippen LogP contribution in [0, 0.1) is 0 Å². The van der Waals surface area contributed by atoms with Crippen molar-refractivity contribution in [1.29, 1.82) is 0 Å². The highest BCUT2D eigenvalue weighted by Gasteiger charge is 2.10. The van der Waals surface area contributed by atoms with Crippen molar-refractivity contribution < 1.29 is 24.2 Å². The van der Waals surface area contributed by atoms with Gasteiger partial charge < -0.3 is 19.5 Å². The Morgan fingerprint density at radius 2 is 1.04 bits per heavy atom. The van der Waals surface area contributed by atoms with E-state index < -0.39 is 0 Å². The van der Waals surface area contributed by atoms with Gasteiger partial charge in [-0.2, -0.15) is 0 Å². The van der Waals surface area contributed by atoms with Gasteiger partial charge >= 0.3 is 11.9 Å². The molecule has 0 atom stereocenters. The molecule has 1 aromatic rings. The van der Waals surface area contributed by atoms with E-state index in [0.29, 0.717) is 25.2 Å². The van der Waals surface area contributed by atoms with Crippen LogP contribution in [0.25, 0.3) is 0 Å². The molecular weight excluding hydrogens is 610 g/mol. The van der Waals surface area contributed by atoms with Gasteiger partial charge in [0.1, 0.15) is 5.75 Å². The lowest BCUT2D eigenvalue weighted by molar-refractivity contribution is -0.144. The van der Waals surface area contributed by atoms with Crippen LogP contribution in [-0.2, 0) is 27.2 Å². The number of hydrogen-bond donors (Lipinski definition) is 1. The van der Waals surface area contributed by atoms with Gasteiger partial charge in [0.15, 0.2) is 0 Å². The number of aliphatic hydroxyl groups excluding tert-OH is 1. The number of esters is 2. The number of carbonyl (C=O) groups is 2. The number of benzene rings is 1. The molecule has 284 valence electrons. The fraction of sp³-hybridized carbons (Fsp3) is 0.814. The highest BCUT2D eigenvalue weighted by atomic mass is 16.5. The zero-order chi connectivity index (χ0) is 35.6. The average Bonchev–Trinajstić information content (AvgIpc) is 3.09. The number of unbranched alkanes of at least 4 members (excludes halogenated alkanes) is 18. The van der Waals surface area contributed by atoms with Crippen LogP contribution >= 0.6 is 0 Å². The molecule has 49 heavy (non-hydrogen) atoms. The number of aryl methyl sites for hydroxylation is 2. The lowest BCUT2D eigenvalue weighted by Crippen LogP contribution is -2.29. The van der Waals surface area contributed by atoms with Crippen molar-refractivity contribution in [3.8, 4) is 5.75 Å². The summed E-state index contributed by atoms with van der Waals surface area (Å²) in [6.07, 6.45) is 29.9. The summed E-state index contributed by atoms with van der Waals surface area (Å²) in [7, 11) is 0. The standard InChI is InChI=1S/C43H77NO5/c1-4-7-10-12-19-26-37-48-42(46)29-22-15-13-17-24-33-44(35-36-45)34-25-18-14-16-23-30-43(47)49-41-32-31-39(27-20-9-6-3)40(38-41)28-21-11-8-5-2/h31-32,38,45H,4-30,33-37H2,1-3H3. The van der Waals surface area contributed by atoms with E-state index in [1.165, 1.54) is 81.8 Å². The molecule has 0 aliphatic rings. The molecule has 0 heterocycles. The summed E-state index contributed by atoms with van der Waals surface area (Å²) in [4.78, 5) is 26.9. The van der Waals surface area contributed by atoms with Crippen LogP contribution in [0.1, 0.15) is 192 Å². The maximum Gasteiger partial charge on any atom is 0.311 e. The van der Waals surface area contributed by atoms with Crippen molar-refractivity contribution in [2.24, 2.45) is 0 Å². The topological polar surface area (TPSA) is 76.1 Å². The van der Waals surface area contributed by atoms with Gasteiger partial charge in [-0.3, -0.25) is 9.59 Å². The average molecular weight is 688 g/mol. The third-order valence-corrected chi connectivity index (χ3v) is 9.65. The summed E-state index contributed by atoms with van der Waals surface area (Å²) in [6.45, 7) is 10.3. The van der Waals surface area contributed by atoms with E-state index in [1.54, 1.807) is 0 Å². The van der Waals surface area contributed by atoms with Crippen molar-refractivity contribution >= 4 is 11.9 Å². The Morgan fingerprint density at radius 1 is 0.551 bits per heavy atom. The first-order valence-corrected chi connectivity index (χ1v) is 20.8. The molecule has 1 N–H and O–H groups in total. The van der Waals surface area contributed by atoms with Gasteiger partial charge in [0.05, 0.1) is 13.2 Å². The number of hydrogen-bond acceptors (Lipinski definition) is 6.